The Hall–Kier alpha value is -2.74. The third kappa shape index (κ3) is 3.28. The van der Waals surface area contributed by atoms with Crippen molar-refractivity contribution in [3.63, 3.8) is 0 Å². The monoisotopic (exact) mass is 345 g/mol. The quantitative estimate of drug-likeness (QED) is 0.492. The predicted octanol–water partition coefficient (Wildman–Crippen LogP) is 4.16. The van der Waals surface area contributed by atoms with Crippen LogP contribution in [0.1, 0.15) is 23.3 Å². The van der Waals surface area contributed by atoms with Crippen LogP contribution in [-0.2, 0) is 13.0 Å². The van der Waals surface area contributed by atoms with Crippen LogP contribution in [0.15, 0.2) is 34.7 Å². The number of para-hydroxylation sites is 2. The number of nitro groups is 1. The zero-order chi connectivity index (χ0) is 17.1. The van der Waals surface area contributed by atoms with Crippen LogP contribution in [0, 0.1) is 17.0 Å². The van der Waals surface area contributed by atoms with Gasteiger partial charge in [-0.25, -0.2) is 0 Å². The maximum Gasteiger partial charge on any atom is 0.310 e. The molecular formula is C16H15N3O4S. The van der Waals surface area contributed by atoms with Gasteiger partial charge in [0.2, 0.25) is 0 Å². The number of thiophene rings is 1. The molecule has 0 fully saturated rings. The number of nitro benzene ring substituents is 1. The highest BCUT2D eigenvalue weighted by Gasteiger charge is 2.16. The average molecular weight is 345 g/mol. The molecule has 124 valence electrons. The first kappa shape index (κ1) is 16.1. The maximum absolute atomic E-state index is 11.0. The number of benzene rings is 1. The molecule has 0 spiro atoms. The van der Waals surface area contributed by atoms with Crippen LogP contribution in [-0.4, -0.2) is 15.1 Å². The number of nitrogens with zero attached hydrogens (tertiary/aromatic N) is 3. The van der Waals surface area contributed by atoms with E-state index in [2.05, 4.69) is 17.1 Å². The molecule has 8 heteroatoms. The number of hydrogen-bond donors (Lipinski definition) is 0. The van der Waals surface area contributed by atoms with Crippen LogP contribution in [0.4, 0.5) is 5.69 Å². The number of hydrogen-bond acceptors (Lipinski definition) is 7. The van der Waals surface area contributed by atoms with Gasteiger partial charge in [0.05, 0.1) is 9.80 Å². The summed E-state index contributed by atoms with van der Waals surface area (Å²) >= 11 is 1.62. The zero-order valence-electron chi connectivity index (χ0n) is 13.2. The molecule has 7 nitrogen and oxygen atoms in total. The van der Waals surface area contributed by atoms with E-state index in [4.69, 9.17) is 9.15 Å². The van der Waals surface area contributed by atoms with Gasteiger partial charge in [0.15, 0.2) is 12.4 Å². The second kappa shape index (κ2) is 6.79. The summed E-state index contributed by atoms with van der Waals surface area (Å²) in [4.78, 5) is 12.7. The Bertz CT molecular complexity index is 872. The van der Waals surface area contributed by atoms with E-state index in [1.165, 1.54) is 22.6 Å². The Morgan fingerprint density at radius 3 is 2.83 bits per heavy atom. The van der Waals surface area contributed by atoms with Gasteiger partial charge in [-0.15, -0.1) is 21.5 Å². The fourth-order valence-electron chi connectivity index (χ4n) is 2.26. The third-order valence-electron chi connectivity index (χ3n) is 3.43. The molecule has 0 unspecified atom stereocenters. The van der Waals surface area contributed by atoms with Crippen molar-refractivity contribution in [2.45, 2.75) is 26.9 Å². The minimum atomic E-state index is -0.491. The highest BCUT2D eigenvalue weighted by atomic mass is 32.1. The van der Waals surface area contributed by atoms with Crippen LogP contribution >= 0.6 is 11.3 Å². The highest BCUT2D eigenvalue weighted by molar-refractivity contribution is 7.15. The Kier molecular flexibility index (Phi) is 4.57. The molecule has 0 N–H and O–H groups in total. The lowest BCUT2D eigenvalue weighted by Crippen LogP contribution is -1.99. The molecule has 0 atom stereocenters. The van der Waals surface area contributed by atoms with Crippen molar-refractivity contribution in [1.29, 1.82) is 0 Å². The standard InChI is InChI=1S/C16H15N3O4S/c1-3-13-10(2)8-14(24-13)16-18-17-15(23-16)9-22-12-7-5-4-6-11(12)19(20)21/h4-8H,3,9H2,1-2H3. The molecule has 0 aliphatic carbocycles. The van der Waals surface area contributed by atoms with E-state index in [1.54, 1.807) is 23.5 Å². The van der Waals surface area contributed by atoms with Gasteiger partial charge in [-0.3, -0.25) is 10.1 Å². The smallest absolute Gasteiger partial charge is 0.310 e. The highest BCUT2D eigenvalue weighted by Crippen LogP contribution is 2.31. The summed E-state index contributed by atoms with van der Waals surface area (Å²) in [7, 11) is 0. The third-order valence-corrected chi connectivity index (χ3v) is 4.80. The Morgan fingerprint density at radius 1 is 1.33 bits per heavy atom. The summed E-state index contributed by atoms with van der Waals surface area (Å²) in [6.45, 7) is 4.12. The van der Waals surface area contributed by atoms with E-state index in [0.29, 0.717) is 5.89 Å². The molecule has 0 saturated heterocycles. The molecule has 3 rings (SSSR count). The van der Waals surface area contributed by atoms with Gasteiger partial charge in [0.1, 0.15) is 0 Å². The first-order valence-electron chi connectivity index (χ1n) is 7.36. The molecule has 0 amide bonds. The summed E-state index contributed by atoms with van der Waals surface area (Å²) in [6.07, 6.45) is 0.957. The van der Waals surface area contributed by atoms with Crippen molar-refractivity contribution < 1.29 is 14.1 Å². The van der Waals surface area contributed by atoms with Crippen molar-refractivity contribution in [3.8, 4) is 16.5 Å². The molecule has 2 aromatic heterocycles. The average Bonchev–Trinajstić information content (AvgIpc) is 3.19. The van der Waals surface area contributed by atoms with E-state index in [9.17, 15) is 10.1 Å². The van der Waals surface area contributed by atoms with Gasteiger partial charge < -0.3 is 9.15 Å². The van der Waals surface area contributed by atoms with Crippen molar-refractivity contribution in [2.75, 3.05) is 0 Å². The topological polar surface area (TPSA) is 91.3 Å². The molecule has 0 bridgehead atoms. The van der Waals surface area contributed by atoms with Crippen LogP contribution in [0.2, 0.25) is 0 Å². The number of ether oxygens (including phenoxy) is 1. The van der Waals surface area contributed by atoms with E-state index in [1.807, 2.05) is 13.0 Å². The van der Waals surface area contributed by atoms with Gasteiger partial charge in [-0.1, -0.05) is 19.1 Å². The minimum Gasteiger partial charge on any atom is -0.477 e. The summed E-state index contributed by atoms with van der Waals surface area (Å²) in [5, 5.41) is 18.9. The molecule has 3 aromatic rings. The Labute approximate surface area is 142 Å². The fraction of sp³-hybridized carbons (Fsp3) is 0.250. The maximum atomic E-state index is 11.0. The summed E-state index contributed by atoms with van der Waals surface area (Å²) < 4.78 is 11.0. The number of rotatable bonds is 6. The van der Waals surface area contributed by atoms with E-state index in [-0.39, 0.29) is 23.9 Å². The van der Waals surface area contributed by atoms with Gasteiger partial charge in [0.25, 0.3) is 11.8 Å². The lowest BCUT2D eigenvalue weighted by Gasteiger charge is -2.03. The summed E-state index contributed by atoms with van der Waals surface area (Å²) in [5.41, 5.74) is 1.10. The lowest BCUT2D eigenvalue weighted by atomic mass is 10.2. The first-order valence-corrected chi connectivity index (χ1v) is 8.18. The molecule has 0 aliphatic heterocycles. The van der Waals surface area contributed by atoms with Crippen molar-refractivity contribution >= 4 is 17.0 Å². The van der Waals surface area contributed by atoms with E-state index >= 15 is 0 Å². The predicted molar refractivity (Wildman–Crippen MR) is 89.2 cm³/mol. The largest absolute Gasteiger partial charge is 0.477 e. The van der Waals surface area contributed by atoms with Gasteiger partial charge in [0, 0.05) is 10.9 Å². The molecule has 0 radical (unpaired) electrons. The van der Waals surface area contributed by atoms with Crippen molar-refractivity contribution in [2.24, 2.45) is 0 Å². The van der Waals surface area contributed by atoms with Crippen LogP contribution < -0.4 is 4.74 Å². The molecule has 0 aliphatic rings. The summed E-state index contributed by atoms with van der Waals surface area (Å²) in [5.74, 6) is 0.874. The fourth-order valence-corrected chi connectivity index (χ4v) is 3.29. The van der Waals surface area contributed by atoms with Crippen molar-refractivity contribution in [1.82, 2.24) is 10.2 Å². The van der Waals surface area contributed by atoms with Gasteiger partial charge in [-0.05, 0) is 31.0 Å². The van der Waals surface area contributed by atoms with Crippen LogP contribution in [0.25, 0.3) is 10.8 Å². The molecule has 2 heterocycles. The van der Waals surface area contributed by atoms with Crippen LogP contribution in [0.3, 0.4) is 0 Å². The minimum absolute atomic E-state index is 0.0250. The second-order valence-electron chi connectivity index (χ2n) is 5.08. The molecule has 24 heavy (non-hydrogen) atoms. The van der Waals surface area contributed by atoms with Gasteiger partial charge >= 0.3 is 5.69 Å². The summed E-state index contributed by atoms with van der Waals surface area (Å²) in [6, 6.07) is 8.19. The Balaban J connectivity index is 1.74. The zero-order valence-corrected chi connectivity index (χ0v) is 14.0. The molecule has 1 aromatic carbocycles. The van der Waals surface area contributed by atoms with E-state index < -0.39 is 4.92 Å². The molecular weight excluding hydrogens is 330 g/mol. The van der Waals surface area contributed by atoms with Crippen molar-refractivity contribution in [3.05, 3.63) is 56.8 Å². The Morgan fingerprint density at radius 2 is 2.12 bits per heavy atom. The molecule has 0 saturated carbocycles. The number of aromatic nitrogens is 2. The normalized spacial score (nSPS) is 10.8. The van der Waals surface area contributed by atoms with E-state index in [0.717, 1.165) is 11.3 Å². The first-order chi connectivity index (χ1) is 11.6. The second-order valence-corrected chi connectivity index (χ2v) is 6.22. The van der Waals surface area contributed by atoms with Gasteiger partial charge in [-0.2, -0.15) is 0 Å². The van der Waals surface area contributed by atoms with Crippen LogP contribution in [0.5, 0.6) is 5.75 Å². The SMILES string of the molecule is CCc1sc(-c2nnc(COc3ccccc3[N+](=O)[O-])o2)cc1C. The lowest BCUT2D eigenvalue weighted by molar-refractivity contribution is -0.386. The number of aryl methyl sites for hydroxylation is 2.